The molecule has 0 radical (unpaired) electrons. The molecule has 0 amide bonds. The summed E-state index contributed by atoms with van der Waals surface area (Å²) in [5, 5.41) is 8.77. The van der Waals surface area contributed by atoms with Crippen LogP contribution in [0.4, 0.5) is 5.69 Å². The van der Waals surface area contributed by atoms with E-state index in [2.05, 4.69) is 214 Å². The van der Waals surface area contributed by atoms with Crippen LogP contribution in [0.25, 0.3) is 56.9 Å². The predicted octanol–water partition coefficient (Wildman–Crippen LogP) is 6.46. The van der Waals surface area contributed by atoms with Gasteiger partial charge in [-0.2, -0.15) is 14.4 Å². The zero-order chi connectivity index (χ0) is 42.6. The third-order valence-corrected chi connectivity index (χ3v) is 11.6. The number of ether oxygens (including phenoxy) is 2. The summed E-state index contributed by atoms with van der Waals surface area (Å²) in [4.78, 5) is 2.19. The number of benzene rings is 5. The summed E-state index contributed by atoms with van der Waals surface area (Å²) in [5.41, 5.74) is 14.0. The van der Waals surface area contributed by atoms with Gasteiger partial charge in [0.1, 0.15) is 25.6 Å². The molecule has 0 N–H and O–H groups in total. The maximum absolute atomic E-state index is 8.77. The molecule has 62 heavy (non-hydrogen) atoms. The van der Waals surface area contributed by atoms with E-state index in [9.17, 15) is 0 Å². The lowest BCUT2D eigenvalue weighted by Gasteiger charge is -2.18. The van der Waals surface area contributed by atoms with Crippen LogP contribution in [0, 0.1) is 18.3 Å². The smallest absolute Gasteiger partial charge is 0.213 e. The number of hydrogen-bond acceptors (Lipinski definition) is 4. The first kappa shape index (κ1) is 50.1. The molecule has 0 aliphatic carbocycles. The molecule has 0 unspecified atom stereocenters. The minimum absolute atomic E-state index is 0. The SMILES string of the molecule is COc1ccc(-c2cc(/C=C/c3ccc(N(C)CCCC#N)cc3)[n+](C)c(-c3ccc(Br)cc3)c2)cc1.COc1ccc(-c2cc(C)[n+](C)c(-c3ccc(Br)cc3)c2)cc1.[I-].[I-]. The molecule has 2 heterocycles. The highest BCUT2D eigenvalue weighted by molar-refractivity contribution is 9.10. The third kappa shape index (κ3) is 13.2. The van der Waals surface area contributed by atoms with Gasteiger partial charge in [0, 0.05) is 83.0 Å². The van der Waals surface area contributed by atoms with Gasteiger partial charge < -0.3 is 62.3 Å². The van der Waals surface area contributed by atoms with E-state index in [1.165, 1.54) is 28.1 Å². The highest BCUT2D eigenvalue weighted by atomic mass is 127. The van der Waals surface area contributed by atoms with Crippen molar-refractivity contribution >= 4 is 49.7 Å². The van der Waals surface area contributed by atoms with E-state index < -0.39 is 0 Å². The van der Waals surface area contributed by atoms with E-state index in [4.69, 9.17) is 14.7 Å². The maximum Gasteiger partial charge on any atom is 0.213 e. The largest absolute Gasteiger partial charge is 1.00 e. The Bertz CT molecular complexity index is 2590. The minimum atomic E-state index is 0. The van der Waals surface area contributed by atoms with Crippen LogP contribution >= 0.6 is 31.9 Å². The Balaban J connectivity index is 0.000000291. The van der Waals surface area contributed by atoms with Gasteiger partial charge in [0.25, 0.3) is 0 Å². The number of rotatable bonds is 12. The summed E-state index contributed by atoms with van der Waals surface area (Å²) < 4.78 is 17.2. The zero-order valence-electron chi connectivity index (χ0n) is 35.7. The second-order valence-electron chi connectivity index (χ2n) is 14.5. The fraction of sp³-hybridized carbons (Fsp3) is 0.173. The lowest BCUT2D eigenvalue weighted by atomic mass is 10.0. The second kappa shape index (κ2) is 24.3. The van der Waals surface area contributed by atoms with Gasteiger partial charge in [-0.25, -0.2) is 0 Å². The predicted molar refractivity (Wildman–Crippen MR) is 254 cm³/mol. The molecule has 10 heteroatoms. The first-order valence-corrected chi connectivity index (χ1v) is 21.4. The molecule has 0 fully saturated rings. The van der Waals surface area contributed by atoms with E-state index in [0.717, 1.165) is 72.7 Å². The molecular weight excluding hydrogens is 1130 g/mol. The normalized spacial score (nSPS) is 10.4. The van der Waals surface area contributed by atoms with Crippen molar-refractivity contribution in [3.8, 4) is 62.3 Å². The molecule has 0 saturated carbocycles. The molecule has 0 spiro atoms. The Morgan fingerprint density at radius 3 is 1.50 bits per heavy atom. The standard InChI is InChI=1S/C32H31BrN3O.C20H19BrNO.2HI/c1-35(21-5-4-20-34)29-15-6-24(7-16-29)8-17-30-22-27(25-11-18-31(37-3)19-12-25)23-32(36(30)2)26-9-13-28(33)14-10-26;1-14-12-17(15-6-10-19(23-3)11-7-15)13-20(22(14)2)16-4-8-18(21)9-5-16;;/h6-19,22-23H,4-5,21H2,1-3H3;4-13H,1-3H3;2*1H/q2*+1;;/p-2. The van der Waals surface area contributed by atoms with Crippen molar-refractivity contribution in [3.63, 3.8) is 0 Å². The van der Waals surface area contributed by atoms with Gasteiger partial charge in [-0.15, -0.1) is 0 Å². The van der Waals surface area contributed by atoms with Crippen LogP contribution in [0.15, 0.2) is 155 Å². The Kier molecular flexibility index (Phi) is 19.7. The van der Waals surface area contributed by atoms with Crippen LogP contribution in [-0.2, 0) is 14.1 Å². The van der Waals surface area contributed by atoms with Crippen molar-refractivity contribution in [1.29, 1.82) is 5.26 Å². The molecule has 0 atom stereocenters. The summed E-state index contributed by atoms with van der Waals surface area (Å²) >= 11 is 7.05. The number of hydrogen-bond donors (Lipinski definition) is 0. The molecule has 7 rings (SSSR count). The molecule has 0 aliphatic rings. The Morgan fingerprint density at radius 2 is 1.03 bits per heavy atom. The van der Waals surface area contributed by atoms with E-state index >= 15 is 0 Å². The minimum Gasteiger partial charge on any atom is -1.00 e. The molecular formula is C52H50Br2I2N4O2. The second-order valence-corrected chi connectivity index (χ2v) is 16.4. The van der Waals surface area contributed by atoms with E-state index in [1.54, 1.807) is 14.2 Å². The Morgan fingerprint density at radius 1 is 0.581 bits per heavy atom. The lowest BCUT2D eigenvalue weighted by molar-refractivity contribution is -0.666. The van der Waals surface area contributed by atoms with Crippen molar-refractivity contribution < 1.29 is 66.6 Å². The van der Waals surface area contributed by atoms with E-state index in [1.807, 2.05) is 24.3 Å². The van der Waals surface area contributed by atoms with Gasteiger partial charge in [0.15, 0.2) is 5.69 Å². The van der Waals surface area contributed by atoms with Crippen molar-refractivity contribution in [1.82, 2.24) is 0 Å². The monoisotopic (exact) mass is 1170 g/mol. The number of aromatic nitrogens is 2. The van der Waals surface area contributed by atoms with Gasteiger partial charge in [0.05, 0.1) is 20.3 Å². The van der Waals surface area contributed by atoms with Crippen LogP contribution < -0.4 is 71.5 Å². The first-order valence-electron chi connectivity index (χ1n) is 19.8. The molecule has 0 bridgehead atoms. The number of methoxy groups -OCH3 is 2. The van der Waals surface area contributed by atoms with Gasteiger partial charge in [0.2, 0.25) is 17.1 Å². The fourth-order valence-electron chi connectivity index (χ4n) is 6.88. The van der Waals surface area contributed by atoms with Gasteiger partial charge in [-0.3, -0.25) is 0 Å². The average molecular weight is 1180 g/mol. The number of anilines is 1. The van der Waals surface area contributed by atoms with Crippen LogP contribution in [0.3, 0.4) is 0 Å². The fourth-order valence-corrected chi connectivity index (χ4v) is 7.41. The van der Waals surface area contributed by atoms with Gasteiger partial charge >= 0.3 is 0 Å². The molecule has 6 nitrogen and oxygen atoms in total. The number of pyridine rings is 2. The van der Waals surface area contributed by atoms with Crippen LogP contribution in [-0.4, -0.2) is 27.8 Å². The lowest BCUT2D eigenvalue weighted by Crippen LogP contribution is -3.00. The van der Waals surface area contributed by atoms with Crippen LogP contribution in [0.2, 0.25) is 0 Å². The molecule has 0 saturated heterocycles. The molecule has 318 valence electrons. The maximum atomic E-state index is 8.77. The van der Waals surface area contributed by atoms with Crippen molar-refractivity contribution in [2.24, 2.45) is 14.1 Å². The number of nitrogens with zero attached hydrogens (tertiary/aromatic N) is 4. The zero-order valence-corrected chi connectivity index (χ0v) is 43.2. The summed E-state index contributed by atoms with van der Waals surface area (Å²) in [6, 6.07) is 52.9. The third-order valence-electron chi connectivity index (χ3n) is 10.6. The first-order chi connectivity index (χ1) is 29.1. The topological polar surface area (TPSA) is 53.3 Å². The van der Waals surface area contributed by atoms with Crippen molar-refractivity contribution in [2.45, 2.75) is 19.8 Å². The highest BCUT2D eigenvalue weighted by Crippen LogP contribution is 2.30. The number of nitriles is 1. The summed E-state index contributed by atoms with van der Waals surface area (Å²) in [6.45, 7) is 3.00. The molecule has 2 aromatic heterocycles. The summed E-state index contributed by atoms with van der Waals surface area (Å²) in [6.07, 6.45) is 5.77. The summed E-state index contributed by atoms with van der Waals surface area (Å²) in [5.74, 6) is 1.72. The molecule has 0 aliphatic heterocycles. The van der Waals surface area contributed by atoms with Crippen LogP contribution in [0.5, 0.6) is 11.5 Å². The van der Waals surface area contributed by atoms with Crippen LogP contribution in [0.1, 0.15) is 29.8 Å². The summed E-state index contributed by atoms with van der Waals surface area (Å²) in [7, 11) is 9.65. The molecule has 5 aromatic carbocycles. The van der Waals surface area contributed by atoms with E-state index in [0.29, 0.717) is 6.42 Å². The van der Waals surface area contributed by atoms with Gasteiger partial charge in [-0.1, -0.05) is 68.3 Å². The Hall–Kier alpha value is -4.55. The van der Waals surface area contributed by atoms with E-state index in [-0.39, 0.29) is 48.0 Å². The van der Waals surface area contributed by atoms with Crippen molar-refractivity contribution in [2.75, 3.05) is 32.7 Å². The number of halogens is 4. The quantitative estimate of drug-likeness (QED) is 0.0803. The molecule has 7 aromatic rings. The average Bonchev–Trinajstić information content (AvgIpc) is 3.28. The van der Waals surface area contributed by atoms with Crippen molar-refractivity contribution in [3.05, 3.63) is 171 Å². The highest BCUT2D eigenvalue weighted by Gasteiger charge is 2.18. The number of unbranched alkanes of at least 4 members (excludes halogenated alkanes) is 1. The number of aryl methyl sites for hydroxylation is 1. The Labute approximate surface area is 418 Å². The van der Waals surface area contributed by atoms with Gasteiger partial charge in [-0.05, 0) is 125 Å².